The maximum absolute atomic E-state index is 12.6. The molecule has 1 saturated carbocycles. The molecule has 2 N–H and O–H groups in total. The van der Waals surface area contributed by atoms with E-state index < -0.39 is 9.84 Å². The Bertz CT molecular complexity index is 993. The molecule has 1 aliphatic rings. The molecule has 0 aromatic heterocycles. The second-order valence-electron chi connectivity index (χ2n) is 7.33. The molecular weight excluding hydrogens is 372 g/mol. The van der Waals surface area contributed by atoms with Crippen molar-refractivity contribution in [1.82, 2.24) is 5.32 Å². The summed E-state index contributed by atoms with van der Waals surface area (Å²) in [5.41, 5.74) is 4.96. The molecule has 1 aliphatic carbocycles. The summed E-state index contributed by atoms with van der Waals surface area (Å²) in [5, 5.41) is 7.25. The van der Waals surface area contributed by atoms with Crippen molar-refractivity contribution < 1.29 is 13.2 Å². The van der Waals surface area contributed by atoms with Crippen LogP contribution in [0.3, 0.4) is 0 Å². The first-order valence-corrected chi connectivity index (χ1v) is 11.4. The van der Waals surface area contributed by atoms with Gasteiger partial charge in [0.1, 0.15) is 0 Å². The number of carbonyl (C=O) groups excluding carboxylic acids is 1. The standard InChI is InChI=1S/C22H26N2O3S/c1-16-5-3-6-17(13-16)15-24-21-14-19(18-7-8-18)9-10-20(21)22(25)23-11-4-12-28(2,26)27/h3-6,9-10,12-14,18,24H,7-8,11,15H2,1-2H3,(H,23,25)/b12-4+. The Balaban J connectivity index is 1.73. The number of carbonyl (C=O) groups is 1. The predicted octanol–water partition coefficient (Wildman–Crippen LogP) is 3.77. The minimum absolute atomic E-state index is 0.160. The second kappa shape index (κ2) is 8.61. The summed E-state index contributed by atoms with van der Waals surface area (Å²) in [5.74, 6) is 0.363. The second-order valence-corrected chi connectivity index (χ2v) is 9.26. The van der Waals surface area contributed by atoms with Crippen molar-refractivity contribution in [1.29, 1.82) is 0 Å². The lowest BCUT2D eigenvalue weighted by molar-refractivity contribution is 0.0958. The Morgan fingerprint density at radius 2 is 1.96 bits per heavy atom. The van der Waals surface area contributed by atoms with Gasteiger partial charge >= 0.3 is 0 Å². The van der Waals surface area contributed by atoms with Crippen LogP contribution in [0.15, 0.2) is 53.9 Å². The van der Waals surface area contributed by atoms with Crippen molar-refractivity contribution in [2.75, 3.05) is 18.1 Å². The molecule has 0 saturated heterocycles. The summed E-state index contributed by atoms with van der Waals surface area (Å²) in [6.45, 7) is 2.85. The van der Waals surface area contributed by atoms with Crippen molar-refractivity contribution in [3.63, 3.8) is 0 Å². The largest absolute Gasteiger partial charge is 0.380 e. The van der Waals surface area contributed by atoms with Crippen LogP contribution < -0.4 is 10.6 Å². The maximum atomic E-state index is 12.6. The molecule has 0 aliphatic heterocycles. The van der Waals surface area contributed by atoms with E-state index >= 15 is 0 Å². The molecule has 0 spiro atoms. The van der Waals surface area contributed by atoms with Gasteiger partial charge < -0.3 is 10.6 Å². The number of benzene rings is 2. The van der Waals surface area contributed by atoms with Gasteiger partial charge in [0.2, 0.25) is 0 Å². The summed E-state index contributed by atoms with van der Waals surface area (Å²) >= 11 is 0. The molecule has 1 fully saturated rings. The van der Waals surface area contributed by atoms with Crippen LogP contribution in [-0.2, 0) is 16.4 Å². The highest BCUT2D eigenvalue weighted by atomic mass is 32.2. The van der Waals surface area contributed by atoms with Gasteiger partial charge in [0, 0.05) is 30.4 Å². The Labute approximate surface area is 166 Å². The number of aryl methyl sites for hydroxylation is 1. The van der Waals surface area contributed by atoms with Crippen LogP contribution in [0.25, 0.3) is 0 Å². The monoisotopic (exact) mass is 398 g/mol. The minimum Gasteiger partial charge on any atom is -0.380 e. The molecule has 148 valence electrons. The Kier molecular flexibility index (Phi) is 6.19. The Morgan fingerprint density at radius 1 is 1.18 bits per heavy atom. The molecule has 0 radical (unpaired) electrons. The van der Waals surface area contributed by atoms with Gasteiger partial charge in [0.15, 0.2) is 9.84 Å². The molecule has 0 unspecified atom stereocenters. The summed E-state index contributed by atoms with van der Waals surface area (Å²) in [4.78, 5) is 12.6. The molecule has 5 nitrogen and oxygen atoms in total. The number of hydrogen-bond donors (Lipinski definition) is 2. The van der Waals surface area contributed by atoms with Gasteiger partial charge in [-0.2, -0.15) is 0 Å². The molecule has 3 rings (SSSR count). The SMILES string of the molecule is Cc1cccc(CNc2cc(C3CC3)ccc2C(=O)NC/C=C/S(C)(=O)=O)c1. The molecular formula is C22H26N2O3S. The Morgan fingerprint density at radius 3 is 2.64 bits per heavy atom. The molecule has 0 bridgehead atoms. The maximum Gasteiger partial charge on any atom is 0.253 e. The highest BCUT2D eigenvalue weighted by Crippen LogP contribution is 2.41. The van der Waals surface area contributed by atoms with E-state index in [0.717, 1.165) is 22.9 Å². The lowest BCUT2D eigenvalue weighted by atomic mass is 10.0. The Hall–Kier alpha value is -2.60. The van der Waals surface area contributed by atoms with Gasteiger partial charge in [0.25, 0.3) is 5.91 Å². The molecule has 28 heavy (non-hydrogen) atoms. The lowest BCUT2D eigenvalue weighted by Crippen LogP contribution is -2.24. The molecule has 1 amide bonds. The number of amides is 1. The fourth-order valence-electron chi connectivity index (χ4n) is 3.07. The van der Waals surface area contributed by atoms with E-state index in [-0.39, 0.29) is 12.5 Å². The third kappa shape index (κ3) is 5.96. The average molecular weight is 399 g/mol. The van der Waals surface area contributed by atoms with Gasteiger partial charge in [-0.05, 0) is 48.9 Å². The number of rotatable bonds is 8. The fourth-order valence-corrected chi connectivity index (χ4v) is 3.51. The number of sulfone groups is 1. The first-order chi connectivity index (χ1) is 13.3. The highest BCUT2D eigenvalue weighted by Gasteiger charge is 2.24. The lowest BCUT2D eigenvalue weighted by Gasteiger charge is -2.14. The van der Waals surface area contributed by atoms with Gasteiger partial charge in [-0.3, -0.25) is 4.79 Å². The van der Waals surface area contributed by atoms with Gasteiger partial charge in [-0.25, -0.2) is 8.42 Å². The van der Waals surface area contributed by atoms with Gasteiger partial charge in [-0.1, -0.05) is 42.0 Å². The molecule has 0 heterocycles. The van der Waals surface area contributed by atoms with Crippen LogP contribution in [0.4, 0.5) is 5.69 Å². The number of anilines is 1. The molecule has 2 aromatic carbocycles. The van der Waals surface area contributed by atoms with E-state index in [1.54, 1.807) is 0 Å². The van der Waals surface area contributed by atoms with Crippen LogP contribution in [0, 0.1) is 6.92 Å². The van der Waals surface area contributed by atoms with Crippen molar-refractivity contribution in [3.8, 4) is 0 Å². The quantitative estimate of drug-likeness (QED) is 0.710. The van der Waals surface area contributed by atoms with Crippen molar-refractivity contribution >= 4 is 21.4 Å². The highest BCUT2D eigenvalue weighted by molar-refractivity contribution is 7.93. The van der Waals surface area contributed by atoms with E-state index in [2.05, 4.69) is 41.8 Å². The van der Waals surface area contributed by atoms with E-state index in [1.807, 2.05) is 18.2 Å². The first-order valence-electron chi connectivity index (χ1n) is 9.40. The van der Waals surface area contributed by atoms with Gasteiger partial charge in [0.05, 0.1) is 5.56 Å². The molecule has 0 atom stereocenters. The van der Waals surface area contributed by atoms with Crippen molar-refractivity contribution in [2.24, 2.45) is 0 Å². The minimum atomic E-state index is -3.19. The van der Waals surface area contributed by atoms with Crippen molar-refractivity contribution in [3.05, 3.63) is 76.2 Å². The fraction of sp³-hybridized carbons (Fsp3) is 0.318. The predicted molar refractivity (Wildman–Crippen MR) is 113 cm³/mol. The van der Waals surface area contributed by atoms with E-state index in [9.17, 15) is 13.2 Å². The summed E-state index contributed by atoms with van der Waals surface area (Å²) in [6, 6.07) is 14.2. The summed E-state index contributed by atoms with van der Waals surface area (Å²) in [7, 11) is -3.19. The zero-order valence-corrected chi connectivity index (χ0v) is 17.1. The number of nitrogens with one attached hydrogen (secondary N) is 2. The normalized spacial score (nSPS) is 14.2. The van der Waals surface area contributed by atoms with Gasteiger partial charge in [-0.15, -0.1) is 0 Å². The third-order valence-electron chi connectivity index (χ3n) is 4.63. The zero-order chi connectivity index (χ0) is 20.1. The topological polar surface area (TPSA) is 75.3 Å². The zero-order valence-electron chi connectivity index (χ0n) is 16.2. The van der Waals surface area contributed by atoms with Crippen LogP contribution in [0.1, 0.15) is 45.8 Å². The van der Waals surface area contributed by atoms with Crippen LogP contribution in [0.5, 0.6) is 0 Å². The van der Waals surface area contributed by atoms with Crippen LogP contribution in [0.2, 0.25) is 0 Å². The van der Waals surface area contributed by atoms with Crippen LogP contribution in [-0.4, -0.2) is 27.1 Å². The van der Waals surface area contributed by atoms with Crippen LogP contribution >= 0.6 is 0 Å². The summed E-state index contributed by atoms with van der Waals surface area (Å²) < 4.78 is 22.3. The third-order valence-corrected chi connectivity index (χ3v) is 5.31. The van der Waals surface area contributed by atoms with E-state index in [4.69, 9.17) is 0 Å². The smallest absolute Gasteiger partial charge is 0.253 e. The van der Waals surface area contributed by atoms with E-state index in [0.29, 0.717) is 18.0 Å². The number of hydrogen-bond acceptors (Lipinski definition) is 4. The van der Waals surface area contributed by atoms with E-state index in [1.165, 1.54) is 30.0 Å². The van der Waals surface area contributed by atoms with Crippen molar-refractivity contribution in [2.45, 2.75) is 32.2 Å². The summed E-state index contributed by atoms with van der Waals surface area (Å²) in [6.07, 6.45) is 4.94. The average Bonchev–Trinajstić information content (AvgIpc) is 3.48. The first kappa shape index (κ1) is 20.1. The molecule has 2 aromatic rings. The molecule has 6 heteroatoms.